The third-order valence-corrected chi connectivity index (χ3v) is 2.14. The van der Waals surface area contributed by atoms with Crippen LogP contribution in [0, 0.1) is 0 Å². The summed E-state index contributed by atoms with van der Waals surface area (Å²) in [6.07, 6.45) is 0.768. The Hall–Kier alpha value is -1.55. The molecule has 0 fully saturated rings. The summed E-state index contributed by atoms with van der Waals surface area (Å²) in [6, 6.07) is 6.50. The minimum atomic E-state index is -0.0744. The van der Waals surface area contributed by atoms with Crippen molar-refractivity contribution in [3.05, 3.63) is 24.3 Å². The van der Waals surface area contributed by atoms with E-state index in [1.165, 1.54) is 11.0 Å². The number of nitrogens with zero attached hydrogens (tertiary/aromatic N) is 1. The highest BCUT2D eigenvalue weighted by molar-refractivity contribution is 5.92. The first-order valence-electron chi connectivity index (χ1n) is 4.81. The quantitative estimate of drug-likeness (QED) is 0.781. The van der Waals surface area contributed by atoms with Gasteiger partial charge in [0, 0.05) is 31.8 Å². The Bertz CT molecular complexity index is 338. The molecule has 0 unspecified atom stereocenters. The second-order valence-corrected chi connectivity index (χ2v) is 3.30. The van der Waals surface area contributed by atoms with Gasteiger partial charge in [-0.15, -0.1) is 0 Å². The largest absolute Gasteiger partial charge is 0.508 e. The van der Waals surface area contributed by atoms with Crippen LogP contribution in [0.15, 0.2) is 24.3 Å². The molecule has 82 valence electrons. The molecule has 0 saturated carbocycles. The SMILES string of the molecule is CN(C(=O)CCCO)c1cccc(O)c1. The van der Waals surface area contributed by atoms with Gasteiger partial charge in [0.2, 0.25) is 5.91 Å². The van der Waals surface area contributed by atoms with Crippen LogP contribution in [-0.2, 0) is 4.79 Å². The summed E-state index contributed by atoms with van der Waals surface area (Å²) < 4.78 is 0. The van der Waals surface area contributed by atoms with Crippen molar-refractivity contribution in [3.63, 3.8) is 0 Å². The van der Waals surface area contributed by atoms with Gasteiger partial charge in [-0.25, -0.2) is 0 Å². The molecule has 0 bridgehead atoms. The smallest absolute Gasteiger partial charge is 0.226 e. The molecule has 0 aliphatic carbocycles. The number of phenolic OH excluding ortho intramolecular Hbond substituents is 1. The van der Waals surface area contributed by atoms with Crippen molar-refractivity contribution in [3.8, 4) is 5.75 Å². The van der Waals surface area contributed by atoms with Gasteiger partial charge in [0.25, 0.3) is 0 Å². The maximum absolute atomic E-state index is 11.5. The third-order valence-electron chi connectivity index (χ3n) is 2.14. The monoisotopic (exact) mass is 209 g/mol. The molecule has 0 aromatic heterocycles. The van der Waals surface area contributed by atoms with Gasteiger partial charge in [-0.05, 0) is 18.6 Å². The minimum Gasteiger partial charge on any atom is -0.508 e. The number of aliphatic hydroxyl groups is 1. The maximum Gasteiger partial charge on any atom is 0.226 e. The van der Waals surface area contributed by atoms with E-state index in [4.69, 9.17) is 5.11 Å². The molecule has 0 spiro atoms. The van der Waals surface area contributed by atoms with Crippen LogP contribution >= 0.6 is 0 Å². The maximum atomic E-state index is 11.5. The van der Waals surface area contributed by atoms with Crippen LogP contribution in [0.25, 0.3) is 0 Å². The van der Waals surface area contributed by atoms with Gasteiger partial charge in [0.05, 0.1) is 0 Å². The fourth-order valence-electron chi connectivity index (χ4n) is 1.24. The van der Waals surface area contributed by atoms with Crippen molar-refractivity contribution in [2.75, 3.05) is 18.6 Å². The predicted molar refractivity (Wildman–Crippen MR) is 57.8 cm³/mol. The number of aromatic hydroxyl groups is 1. The number of aliphatic hydroxyl groups excluding tert-OH is 1. The first-order valence-corrected chi connectivity index (χ1v) is 4.81. The zero-order valence-corrected chi connectivity index (χ0v) is 8.68. The number of phenols is 1. The Balaban J connectivity index is 2.67. The van der Waals surface area contributed by atoms with E-state index in [1.54, 1.807) is 25.2 Å². The summed E-state index contributed by atoms with van der Waals surface area (Å²) in [6.45, 7) is 0.0135. The van der Waals surface area contributed by atoms with Crippen LogP contribution in [0.2, 0.25) is 0 Å². The van der Waals surface area contributed by atoms with Crippen molar-refractivity contribution in [1.29, 1.82) is 0 Å². The van der Waals surface area contributed by atoms with Gasteiger partial charge >= 0.3 is 0 Å². The molecule has 1 amide bonds. The molecule has 0 atom stereocenters. The highest BCUT2D eigenvalue weighted by atomic mass is 16.3. The van der Waals surface area contributed by atoms with Crippen molar-refractivity contribution in [2.45, 2.75) is 12.8 Å². The second kappa shape index (κ2) is 5.36. The second-order valence-electron chi connectivity index (χ2n) is 3.30. The zero-order valence-electron chi connectivity index (χ0n) is 8.68. The van der Waals surface area contributed by atoms with E-state index in [0.29, 0.717) is 18.5 Å². The number of rotatable bonds is 4. The Morgan fingerprint density at radius 3 is 2.80 bits per heavy atom. The Labute approximate surface area is 88.8 Å². The number of anilines is 1. The number of hydrogen-bond acceptors (Lipinski definition) is 3. The Morgan fingerprint density at radius 1 is 1.47 bits per heavy atom. The van der Waals surface area contributed by atoms with Crippen LogP contribution in [0.1, 0.15) is 12.8 Å². The lowest BCUT2D eigenvalue weighted by Gasteiger charge is -2.17. The molecule has 4 heteroatoms. The van der Waals surface area contributed by atoms with E-state index in [1.807, 2.05) is 0 Å². The summed E-state index contributed by atoms with van der Waals surface area (Å²) in [5.74, 6) is 0.0592. The lowest BCUT2D eigenvalue weighted by atomic mass is 10.2. The van der Waals surface area contributed by atoms with E-state index in [0.717, 1.165) is 0 Å². The van der Waals surface area contributed by atoms with Crippen LogP contribution in [0.4, 0.5) is 5.69 Å². The highest BCUT2D eigenvalue weighted by Gasteiger charge is 2.10. The Morgan fingerprint density at radius 2 is 2.20 bits per heavy atom. The van der Waals surface area contributed by atoms with Gasteiger partial charge in [-0.2, -0.15) is 0 Å². The van der Waals surface area contributed by atoms with E-state index < -0.39 is 0 Å². The van der Waals surface area contributed by atoms with Gasteiger partial charge in [-0.1, -0.05) is 6.07 Å². The van der Waals surface area contributed by atoms with E-state index >= 15 is 0 Å². The standard InChI is InChI=1S/C11H15NO3/c1-12(11(15)6-3-7-13)9-4-2-5-10(14)8-9/h2,4-5,8,13-14H,3,6-7H2,1H3. The van der Waals surface area contributed by atoms with Crippen LogP contribution in [0.5, 0.6) is 5.75 Å². The lowest BCUT2D eigenvalue weighted by Crippen LogP contribution is -2.25. The molecule has 2 N–H and O–H groups in total. The molecule has 0 aliphatic rings. The van der Waals surface area contributed by atoms with Crippen LogP contribution in [-0.4, -0.2) is 29.8 Å². The first kappa shape index (κ1) is 11.5. The van der Waals surface area contributed by atoms with Crippen LogP contribution < -0.4 is 4.90 Å². The van der Waals surface area contributed by atoms with E-state index in [2.05, 4.69) is 0 Å². The number of amides is 1. The topological polar surface area (TPSA) is 60.8 Å². The third kappa shape index (κ3) is 3.25. The van der Waals surface area contributed by atoms with E-state index in [9.17, 15) is 9.90 Å². The fraction of sp³-hybridized carbons (Fsp3) is 0.364. The number of benzene rings is 1. The van der Waals surface area contributed by atoms with Crippen molar-refractivity contribution in [1.82, 2.24) is 0 Å². The highest BCUT2D eigenvalue weighted by Crippen LogP contribution is 2.19. The van der Waals surface area contributed by atoms with Gasteiger partial charge in [-0.3, -0.25) is 4.79 Å². The van der Waals surface area contributed by atoms with Gasteiger partial charge in [0.1, 0.15) is 5.75 Å². The molecule has 4 nitrogen and oxygen atoms in total. The molecule has 1 aromatic rings. The average Bonchev–Trinajstić information content (AvgIpc) is 2.24. The summed E-state index contributed by atoms with van der Waals surface area (Å²) >= 11 is 0. The Kier molecular flexibility index (Phi) is 4.12. The summed E-state index contributed by atoms with van der Waals surface area (Å²) in [4.78, 5) is 13.0. The summed E-state index contributed by atoms with van der Waals surface area (Å²) in [5.41, 5.74) is 0.651. The predicted octanol–water partition coefficient (Wildman–Crippen LogP) is 1.13. The molecule has 15 heavy (non-hydrogen) atoms. The van der Waals surface area contributed by atoms with Gasteiger partial charge < -0.3 is 15.1 Å². The molecule has 0 radical (unpaired) electrons. The zero-order chi connectivity index (χ0) is 11.3. The molecule has 1 aromatic carbocycles. The van der Waals surface area contributed by atoms with Crippen molar-refractivity contribution in [2.24, 2.45) is 0 Å². The molecular weight excluding hydrogens is 194 g/mol. The number of hydrogen-bond donors (Lipinski definition) is 2. The van der Waals surface area contributed by atoms with Crippen molar-refractivity contribution >= 4 is 11.6 Å². The first-order chi connectivity index (χ1) is 7.15. The number of carbonyl (C=O) groups is 1. The molecule has 1 rings (SSSR count). The molecule has 0 heterocycles. The van der Waals surface area contributed by atoms with Crippen LogP contribution in [0.3, 0.4) is 0 Å². The normalized spacial score (nSPS) is 10.0. The van der Waals surface area contributed by atoms with Crippen molar-refractivity contribution < 1.29 is 15.0 Å². The summed E-state index contributed by atoms with van der Waals surface area (Å²) in [7, 11) is 1.65. The van der Waals surface area contributed by atoms with E-state index in [-0.39, 0.29) is 18.3 Å². The fourth-order valence-corrected chi connectivity index (χ4v) is 1.24. The lowest BCUT2D eigenvalue weighted by molar-refractivity contribution is -0.118. The molecule has 0 saturated heterocycles. The average molecular weight is 209 g/mol. The minimum absolute atomic E-state index is 0.0135. The molecule has 0 aliphatic heterocycles. The summed E-state index contributed by atoms with van der Waals surface area (Å²) in [5, 5.41) is 17.8. The number of carbonyl (C=O) groups excluding carboxylic acids is 1. The van der Waals surface area contributed by atoms with Gasteiger partial charge in [0.15, 0.2) is 0 Å². The molecular formula is C11H15NO3.